The molecular weight excluding hydrogens is 578 g/mol. The van der Waals surface area contributed by atoms with Crippen LogP contribution in [0.2, 0.25) is 0 Å². The van der Waals surface area contributed by atoms with Gasteiger partial charge in [0, 0.05) is 29.0 Å². The van der Waals surface area contributed by atoms with Crippen molar-refractivity contribution in [2.45, 2.75) is 30.4 Å². The predicted molar refractivity (Wildman–Crippen MR) is 174 cm³/mol. The zero-order valence-corrected chi connectivity index (χ0v) is 25.0. The number of amides is 1. The molecule has 1 aliphatic carbocycles. The molecule has 5 aromatic carbocycles. The van der Waals surface area contributed by atoms with Crippen molar-refractivity contribution in [2.24, 2.45) is 0 Å². The topological polar surface area (TPSA) is 102 Å². The first-order valence-electron chi connectivity index (χ1n) is 15.2. The molecule has 2 N–H and O–H groups in total. The highest BCUT2D eigenvalue weighted by Crippen LogP contribution is 2.45. The van der Waals surface area contributed by atoms with Crippen LogP contribution in [-0.2, 0) is 24.7 Å². The monoisotopic (exact) mass is 611 g/mol. The van der Waals surface area contributed by atoms with Gasteiger partial charge >= 0.3 is 18.0 Å². The van der Waals surface area contributed by atoms with Crippen molar-refractivity contribution >= 4 is 18.0 Å². The molecule has 1 atom stereocenters. The van der Waals surface area contributed by atoms with Crippen molar-refractivity contribution in [3.05, 3.63) is 167 Å². The minimum atomic E-state index is -1.38. The zero-order chi connectivity index (χ0) is 31.9. The maximum atomic E-state index is 14.1. The van der Waals surface area contributed by atoms with Crippen LogP contribution in [0.1, 0.15) is 46.6 Å². The summed E-state index contributed by atoms with van der Waals surface area (Å²) in [5.41, 5.74) is 4.98. The van der Waals surface area contributed by atoms with Crippen LogP contribution in [-0.4, -0.2) is 35.8 Å². The molecule has 1 unspecified atom stereocenters. The smallest absolute Gasteiger partial charge is 0.407 e. The molecule has 7 heteroatoms. The fourth-order valence-corrected chi connectivity index (χ4v) is 6.22. The van der Waals surface area contributed by atoms with Crippen LogP contribution in [0.25, 0.3) is 11.1 Å². The molecule has 6 rings (SSSR count). The fraction of sp³-hybridized carbons (Fsp3) is 0.154. The number of fused-ring (bicyclic) bond motifs is 3. The van der Waals surface area contributed by atoms with E-state index < -0.39 is 29.7 Å². The number of carboxylic acid groups (broad SMARTS) is 1. The van der Waals surface area contributed by atoms with Crippen molar-refractivity contribution in [3.8, 4) is 11.1 Å². The fourth-order valence-electron chi connectivity index (χ4n) is 6.22. The number of nitrogens with one attached hydrogen (secondary N) is 1. The molecule has 230 valence electrons. The molecule has 0 fully saturated rings. The number of carbonyl (C=O) groups excluding carboxylic acids is 2. The summed E-state index contributed by atoms with van der Waals surface area (Å²) in [6.07, 6.45) is -1.38. The van der Waals surface area contributed by atoms with E-state index in [1.807, 2.05) is 140 Å². The number of aliphatic carboxylic acids is 1. The summed E-state index contributed by atoms with van der Waals surface area (Å²) in [7, 11) is 0. The number of hydrogen-bond acceptors (Lipinski definition) is 5. The average molecular weight is 612 g/mol. The van der Waals surface area contributed by atoms with Crippen molar-refractivity contribution in [2.75, 3.05) is 6.61 Å². The molecule has 46 heavy (non-hydrogen) atoms. The molecule has 1 amide bonds. The number of benzene rings is 5. The summed E-state index contributed by atoms with van der Waals surface area (Å²) in [4.78, 5) is 39.0. The van der Waals surface area contributed by atoms with Crippen molar-refractivity contribution in [1.29, 1.82) is 0 Å². The van der Waals surface area contributed by atoms with Gasteiger partial charge in [0.2, 0.25) is 0 Å². The van der Waals surface area contributed by atoms with Gasteiger partial charge < -0.3 is 19.9 Å². The first-order valence-corrected chi connectivity index (χ1v) is 15.2. The van der Waals surface area contributed by atoms with Gasteiger partial charge in [0.25, 0.3) is 0 Å². The minimum absolute atomic E-state index is 0.0442. The Hall–Kier alpha value is -5.69. The second kappa shape index (κ2) is 13.5. The van der Waals surface area contributed by atoms with E-state index in [2.05, 4.69) is 5.32 Å². The highest BCUT2D eigenvalue weighted by atomic mass is 16.6. The molecule has 0 radical (unpaired) electrons. The third kappa shape index (κ3) is 6.13. The normalized spacial score (nSPS) is 12.8. The van der Waals surface area contributed by atoms with Crippen molar-refractivity contribution in [3.63, 3.8) is 0 Å². The van der Waals surface area contributed by atoms with Gasteiger partial charge in [0.15, 0.2) is 5.60 Å². The van der Waals surface area contributed by atoms with Crippen molar-refractivity contribution < 1.29 is 29.0 Å². The molecule has 7 nitrogen and oxygen atoms in total. The summed E-state index contributed by atoms with van der Waals surface area (Å²) in [5.74, 6) is -2.07. The van der Waals surface area contributed by atoms with Crippen LogP contribution in [0.15, 0.2) is 140 Å². The Bertz CT molecular complexity index is 1680. The van der Waals surface area contributed by atoms with Gasteiger partial charge in [0.05, 0.1) is 0 Å². The Morgan fingerprint density at radius 2 is 1.09 bits per heavy atom. The Morgan fingerprint density at radius 3 is 1.54 bits per heavy atom. The van der Waals surface area contributed by atoms with Gasteiger partial charge in [-0.1, -0.05) is 140 Å². The van der Waals surface area contributed by atoms with Gasteiger partial charge in [-0.25, -0.2) is 9.59 Å². The van der Waals surface area contributed by atoms with E-state index in [-0.39, 0.29) is 25.4 Å². The average Bonchev–Trinajstić information content (AvgIpc) is 3.42. The lowest BCUT2D eigenvalue weighted by molar-refractivity contribution is -0.156. The number of esters is 1. The van der Waals surface area contributed by atoms with E-state index in [0.717, 1.165) is 22.3 Å². The largest absolute Gasteiger partial charge is 0.481 e. The van der Waals surface area contributed by atoms with E-state index >= 15 is 0 Å². The Kier molecular flexibility index (Phi) is 8.92. The Balaban J connectivity index is 1.28. The van der Waals surface area contributed by atoms with Crippen LogP contribution in [0.4, 0.5) is 4.79 Å². The van der Waals surface area contributed by atoms with E-state index in [9.17, 15) is 19.5 Å². The molecule has 5 aromatic rings. The summed E-state index contributed by atoms with van der Waals surface area (Å²) in [6.45, 7) is 0.0442. The summed E-state index contributed by atoms with van der Waals surface area (Å²) in [5, 5.41) is 12.1. The number of ether oxygens (including phenoxy) is 2. The predicted octanol–water partition coefficient (Wildman–Crippen LogP) is 7.29. The summed E-state index contributed by atoms with van der Waals surface area (Å²) >= 11 is 0. The molecule has 0 heterocycles. The second-order valence-electron chi connectivity index (χ2n) is 11.2. The van der Waals surface area contributed by atoms with Crippen LogP contribution >= 0.6 is 0 Å². The van der Waals surface area contributed by atoms with Crippen molar-refractivity contribution in [1.82, 2.24) is 5.32 Å². The SMILES string of the molecule is O=C(O)CCC(NC(=O)OCC1c2ccccc2-c2ccccc21)C(=O)OC(c1ccccc1)(c1ccccc1)c1ccccc1. The number of carboxylic acids is 1. The molecule has 1 aliphatic rings. The number of carbonyl (C=O) groups is 3. The lowest BCUT2D eigenvalue weighted by Gasteiger charge is -2.36. The van der Waals surface area contributed by atoms with Gasteiger partial charge in [0.1, 0.15) is 12.6 Å². The van der Waals surface area contributed by atoms with Crippen LogP contribution in [0, 0.1) is 0 Å². The molecule has 0 saturated carbocycles. The first kappa shape index (κ1) is 30.3. The minimum Gasteiger partial charge on any atom is -0.481 e. The summed E-state index contributed by atoms with van der Waals surface area (Å²) < 4.78 is 12.2. The van der Waals surface area contributed by atoms with Crippen LogP contribution in [0.5, 0.6) is 0 Å². The quantitative estimate of drug-likeness (QED) is 0.120. The Labute approximate surface area is 267 Å². The number of rotatable bonds is 11. The molecule has 0 saturated heterocycles. The lowest BCUT2D eigenvalue weighted by atomic mass is 9.80. The third-order valence-corrected chi connectivity index (χ3v) is 8.36. The van der Waals surface area contributed by atoms with Gasteiger partial charge in [-0.3, -0.25) is 4.79 Å². The number of hydrogen-bond donors (Lipinski definition) is 2. The van der Waals surface area contributed by atoms with Gasteiger partial charge in [-0.15, -0.1) is 0 Å². The van der Waals surface area contributed by atoms with E-state index in [1.54, 1.807) is 0 Å². The molecule has 0 spiro atoms. The van der Waals surface area contributed by atoms with Gasteiger partial charge in [-0.05, 0) is 28.7 Å². The van der Waals surface area contributed by atoms with E-state index in [0.29, 0.717) is 16.7 Å². The van der Waals surface area contributed by atoms with Crippen LogP contribution < -0.4 is 5.32 Å². The summed E-state index contributed by atoms with van der Waals surface area (Å²) in [6, 6.07) is 42.7. The van der Waals surface area contributed by atoms with Crippen LogP contribution in [0.3, 0.4) is 0 Å². The molecule has 0 aliphatic heterocycles. The maximum Gasteiger partial charge on any atom is 0.407 e. The molecule has 0 bridgehead atoms. The standard InChI is InChI=1S/C39H33NO6/c41-36(42)25-24-35(40-38(44)45-26-34-32-22-12-10-20-30(32)31-21-11-13-23-33(31)34)37(43)46-39(27-14-4-1-5-15-27,28-16-6-2-7-17-28)29-18-8-3-9-19-29/h1-23,34-35H,24-26H2,(H,40,44)(H,41,42). The zero-order valence-electron chi connectivity index (χ0n) is 25.0. The number of alkyl carbamates (subject to hydrolysis) is 1. The highest BCUT2D eigenvalue weighted by Gasteiger charge is 2.42. The Morgan fingerprint density at radius 1 is 0.652 bits per heavy atom. The lowest BCUT2D eigenvalue weighted by Crippen LogP contribution is -2.46. The first-order chi connectivity index (χ1) is 22.5. The molecular formula is C39H33NO6. The maximum absolute atomic E-state index is 14.1. The van der Waals surface area contributed by atoms with Gasteiger partial charge in [-0.2, -0.15) is 0 Å². The third-order valence-electron chi connectivity index (χ3n) is 8.36. The molecule has 0 aromatic heterocycles. The van der Waals surface area contributed by atoms with E-state index in [1.165, 1.54) is 0 Å². The highest BCUT2D eigenvalue weighted by molar-refractivity contribution is 5.83. The second-order valence-corrected chi connectivity index (χ2v) is 11.2. The van der Waals surface area contributed by atoms with E-state index in [4.69, 9.17) is 9.47 Å².